The molecule has 0 fully saturated rings. The summed E-state index contributed by atoms with van der Waals surface area (Å²) < 4.78 is 38.2. The third-order valence-corrected chi connectivity index (χ3v) is 2.69. The van der Waals surface area contributed by atoms with Crippen molar-refractivity contribution in [2.24, 2.45) is 0 Å². The minimum atomic E-state index is -4.43. The van der Waals surface area contributed by atoms with E-state index < -0.39 is 11.7 Å². The van der Waals surface area contributed by atoms with Gasteiger partial charge in [-0.1, -0.05) is 17.2 Å². The molecule has 2 aromatic rings. The van der Waals surface area contributed by atoms with Crippen LogP contribution in [0.15, 0.2) is 30.3 Å². The van der Waals surface area contributed by atoms with Crippen LogP contribution in [0.3, 0.4) is 0 Å². The van der Waals surface area contributed by atoms with E-state index in [0.29, 0.717) is 5.56 Å². The second kappa shape index (κ2) is 4.57. The molecule has 0 atom stereocenters. The van der Waals surface area contributed by atoms with Crippen molar-refractivity contribution < 1.29 is 13.2 Å². The molecule has 0 radical (unpaired) electrons. The number of aromatic nitrogens is 1. The molecule has 0 aliphatic heterocycles. The van der Waals surface area contributed by atoms with Crippen molar-refractivity contribution in [1.29, 1.82) is 0 Å². The SMILES string of the molecule is Cc1cc(C)cc(-c2cc(C(F)(F)F)cc(N)n2)c1. The van der Waals surface area contributed by atoms with Gasteiger partial charge in [-0.3, -0.25) is 0 Å². The molecule has 2 rings (SSSR count). The average Bonchev–Trinajstić information content (AvgIpc) is 2.25. The van der Waals surface area contributed by atoms with Gasteiger partial charge in [0.15, 0.2) is 0 Å². The summed E-state index contributed by atoms with van der Waals surface area (Å²) >= 11 is 0. The lowest BCUT2D eigenvalue weighted by molar-refractivity contribution is -0.137. The molecule has 100 valence electrons. The van der Waals surface area contributed by atoms with Gasteiger partial charge >= 0.3 is 6.18 Å². The number of nitrogens with zero attached hydrogens (tertiary/aromatic N) is 1. The first-order valence-electron chi connectivity index (χ1n) is 5.69. The third-order valence-electron chi connectivity index (χ3n) is 2.69. The molecule has 0 unspecified atom stereocenters. The molecule has 0 spiro atoms. The van der Waals surface area contributed by atoms with Crippen LogP contribution < -0.4 is 5.73 Å². The topological polar surface area (TPSA) is 38.9 Å². The monoisotopic (exact) mass is 266 g/mol. The Kier molecular flexibility index (Phi) is 3.22. The zero-order valence-corrected chi connectivity index (χ0v) is 10.5. The molecule has 0 amide bonds. The zero-order valence-electron chi connectivity index (χ0n) is 10.5. The highest BCUT2D eigenvalue weighted by Gasteiger charge is 2.31. The number of nitrogens with two attached hydrogens (primary N) is 1. The fourth-order valence-corrected chi connectivity index (χ4v) is 1.99. The summed E-state index contributed by atoms with van der Waals surface area (Å²) in [7, 11) is 0. The Hall–Kier alpha value is -2.04. The number of anilines is 1. The Bertz CT molecular complexity index is 598. The fourth-order valence-electron chi connectivity index (χ4n) is 1.99. The van der Waals surface area contributed by atoms with Gasteiger partial charge in [-0.05, 0) is 38.1 Å². The summed E-state index contributed by atoms with van der Waals surface area (Å²) in [5.41, 5.74) is 7.48. The van der Waals surface area contributed by atoms with Crippen molar-refractivity contribution in [2.45, 2.75) is 20.0 Å². The molecule has 2 N–H and O–H groups in total. The van der Waals surface area contributed by atoms with Gasteiger partial charge in [0.2, 0.25) is 0 Å². The first-order chi connectivity index (χ1) is 8.75. The van der Waals surface area contributed by atoms with E-state index in [-0.39, 0.29) is 11.5 Å². The molecule has 1 heterocycles. The molecule has 0 aliphatic carbocycles. The number of benzene rings is 1. The Labute approximate surface area is 109 Å². The zero-order chi connectivity index (χ0) is 14.2. The van der Waals surface area contributed by atoms with Gasteiger partial charge in [0, 0.05) is 5.56 Å². The predicted molar refractivity (Wildman–Crippen MR) is 68.6 cm³/mol. The Morgan fingerprint density at radius 3 is 2.05 bits per heavy atom. The maximum absolute atomic E-state index is 12.7. The number of rotatable bonds is 1. The smallest absolute Gasteiger partial charge is 0.384 e. The first kappa shape index (κ1) is 13.4. The summed E-state index contributed by atoms with van der Waals surface area (Å²) in [5.74, 6) is -0.135. The summed E-state index contributed by atoms with van der Waals surface area (Å²) in [6.45, 7) is 3.76. The number of hydrogen-bond acceptors (Lipinski definition) is 2. The number of nitrogen functional groups attached to an aromatic ring is 1. The van der Waals surface area contributed by atoms with Crippen LogP contribution in [-0.2, 0) is 6.18 Å². The van der Waals surface area contributed by atoms with Gasteiger partial charge in [-0.25, -0.2) is 4.98 Å². The highest BCUT2D eigenvalue weighted by Crippen LogP contribution is 2.33. The van der Waals surface area contributed by atoms with Gasteiger partial charge in [-0.15, -0.1) is 0 Å². The van der Waals surface area contributed by atoms with Crippen molar-refractivity contribution in [2.75, 3.05) is 5.73 Å². The summed E-state index contributed by atoms with van der Waals surface area (Å²) in [6.07, 6.45) is -4.43. The number of aryl methyl sites for hydroxylation is 2. The van der Waals surface area contributed by atoms with Gasteiger partial charge < -0.3 is 5.73 Å². The second-order valence-corrected chi connectivity index (χ2v) is 4.54. The minimum Gasteiger partial charge on any atom is -0.384 e. The molecule has 0 saturated heterocycles. The van der Waals surface area contributed by atoms with E-state index in [9.17, 15) is 13.2 Å². The first-order valence-corrected chi connectivity index (χ1v) is 5.69. The standard InChI is InChI=1S/C14H13F3N2/c1-8-3-9(2)5-10(4-8)12-6-11(14(15,16)17)7-13(18)19-12/h3-7H,1-2H3,(H2,18,19). The van der Waals surface area contributed by atoms with Gasteiger partial charge in [0.1, 0.15) is 5.82 Å². The van der Waals surface area contributed by atoms with Gasteiger partial charge in [-0.2, -0.15) is 13.2 Å². The van der Waals surface area contributed by atoms with Crippen molar-refractivity contribution in [3.8, 4) is 11.3 Å². The summed E-state index contributed by atoms with van der Waals surface area (Å²) in [4.78, 5) is 3.98. The lowest BCUT2D eigenvalue weighted by Gasteiger charge is -2.10. The molecule has 2 nitrogen and oxygen atoms in total. The Balaban J connectivity index is 2.59. The average molecular weight is 266 g/mol. The van der Waals surface area contributed by atoms with Gasteiger partial charge in [0.05, 0.1) is 11.3 Å². The van der Waals surface area contributed by atoms with Crippen LogP contribution in [0.4, 0.5) is 19.0 Å². The highest BCUT2D eigenvalue weighted by molar-refractivity contribution is 5.64. The highest BCUT2D eigenvalue weighted by atomic mass is 19.4. The fraction of sp³-hybridized carbons (Fsp3) is 0.214. The maximum atomic E-state index is 12.7. The van der Waals surface area contributed by atoms with Gasteiger partial charge in [0.25, 0.3) is 0 Å². The molecule has 1 aromatic heterocycles. The van der Waals surface area contributed by atoms with E-state index in [0.717, 1.165) is 23.3 Å². The maximum Gasteiger partial charge on any atom is 0.416 e. The summed E-state index contributed by atoms with van der Waals surface area (Å²) in [5, 5.41) is 0. The number of halogens is 3. The Morgan fingerprint density at radius 2 is 1.53 bits per heavy atom. The summed E-state index contributed by atoms with van der Waals surface area (Å²) in [6, 6.07) is 7.38. The van der Waals surface area contributed by atoms with Crippen LogP contribution in [-0.4, -0.2) is 4.98 Å². The van der Waals surface area contributed by atoms with Crippen molar-refractivity contribution in [1.82, 2.24) is 4.98 Å². The van der Waals surface area contributed by atoms with Crippen molar-refractivity contribution >= 4 is 5.82 Å². The molecule has 0 aliphatic rings. The number of hydrogen-bond donors (Lipinski definition) is 1. The van der Waals surface area contributed by atoms with E-state index >= 15 is 0 Å². The van der Waals surface area contributed by atoms with E-state index in [2.05, 4.69) is 4.98 Å². The lowest BCUT2D eigenvalue weighted by Crippen LogP contribution is -2.07. The number of alkyl halides is 3. The van der Waals surface area contributed by atoms with E-state index in [1.807, 2.05) is 19.9 Å². The van der Waals surface area contributed by atoms with Crippen molar-refractivity contribution in [3.63, 3.8) is 0 Å². The quantitative estimate of drug-likeness (QED) is 0.848. The van der Waals surface area contributed by atoms with Crippen LogP contribution in [0, 0.1) is 13.8 Å². The number of pyridine rings is 1. The largest absolute Gasteiger partial charge is 0.416 e. The predicted octanol–water partition coefficient (Wildman–Crippen LogP) is 3.97. The van der Waals surface area contributed by atoms with E-state index in [1.54, 1.807) is 12.1 Å². The van der Waals surface area contributed by atoms with Crippen molar-refractivity contribution in [3.05, 3.63) is 47.0 Å². The van der Waals surface area contributed by atoms with Crippen LogP contribution in [0.2, 0.25) is 0 Å². The molecular formula is C14H13F3N2. The minimum absolute atomic E-state index is 0.135. The molecule has 0 saturated carbocycles. The molecule has 0 bridgehead atoms. The molecular weight excluding hydrogens is 253 g/mol. The van der Waals surface area contributed by atoms with Crippen LogP contribution in [0.25, 0.3) is 11.3 Å². The van der Waals surface area contributed by atoms with E-state index in [4.69, 9.17) is 5.73 Å². The normalized spacial score (nSPS) is 11.6. The molecule has 5 heteroatoms. The molecule has 1 aromatic carbocycles. The lowest BCUT2D eigenvalue weighted by atomic mass is 10.0. The third kappa shape index (κ3) is 3.05. The Morgan fingerprint density at radius 1 is 0.947 bits per heavy atom. The second-order valence-electron chi connectivity index (χ2n) is 4.54. The van der Waals surface area contributed by atoms with Crippen LogP contribution >= 0.6 is 0 Å². The van der Waals surface area contributed by atoms with E-state index in [1.165, 1.54) is 0 Å². The van der Waals surface area contributed by atoms with Crippen LogP contribution in [0.1, 0.15) is 16.7 Å². The molecule has 19 heavy (non-hydrogen) atoms. The van der Waals surface area contributed by atoms with Crippen LogP contribution in [0.5, 0.6) is 0 Å².